The highest BCUT2D eigenvalue weighted by molar-refractivity contribution is 7.99. The summed E-state index contributed by atoms with van der Waals surface area (Å²) in [7, 11) is -3.76. The summed E-state index contributed by atoms with van der Waals surface area (Å²) in [5.41, 5.74) is 1.82. The largest absolute Gasteiger partial charge is 0.325 e. The summed E-state index contributed by atoms with van der Waals surface area (Å²) in [5, 5.41) is 3.23. The topological polar surface area (TPSA) is 75.3 Å². The molecule has 3 rings (SSSR count). The Bertz CT molecular complexity index is 1100. The predicted octanol–water partition coefficient (Wildman–Crippen LogP) is 5.15. The number of carbonyl (C=O) groups is 1. The van der Waals surface area contributed by atoms with Gasteiger partial charge in [0, 0.05) is 22.2 Å². The molecule has 0 aliphatic rings. The van der Waals surface area contributed by atoms with Crippen LogP contribution in [0.15, 0.2) is 77.7 Å². The van der Waals surface area contributed by atoms with E-state index in [2.05, 4.69) is 10.0 Å². The minimum Gasteiger partial charge on any atom is -0.325 e. The van der Waals surface area contributed by atoms with Gasteiger partial charge in [-0.3, -0.25) is 9.52 Å². The molecule has 2 N–H and O–H groups in total. The first kappa shape index (κ1) is 22.1. The van der Waals surface area contributed by atoms with Crippen molar-refractivity contribution in [3.63, 3.8) is 0 Å². The van der Waals surface area contributed by atoms with Crippen LogP contribution in [0.4, 0.5) is 15.8 Å². The number of carbonyl (C=O) groups excluding carboxylic acids is 1. The maximum Gasteiger partial charge on any atom is 0.261 e. The van der Waals surface area contributed by atoms with Crippen LogP contribution in [-0.2, 0) is 20.6 Å². The molecule has 0 aliphatic heterocycles. The van der Waals surface area contributed by atoms with Crippen LogP contribution in [0.1, 0.15) is 5.56 Å². The first-order valence-corrected chi connectivity index (χ1v) is 11.8. The van der Waals surface area contributed by atoms with E-state index in [4.69, 9.17) is 11.6 Å². The summed E-state index contributed by atoms with van der Waals surface area (Å²) in [4.78, 5) is 12.1. The Morgan fingerprint density at radius 1 is 0.900 bits per heavy atom. The van der Waals surface area contributed by atoms with E-state index in [9.17, 15) is 17.6 Å². The lowest BCUT2D eigenvalue weighted by atomic mass is 10.2. The Labute approximate surface area is 183 Å². The van der Waals surface area contributed by atoms with Gasteiger partial charge in [-0.15, -0.1) is 11.8 Å². The zero-order valence-electron chi connectivity index (χ0n) is 15.6. The van der Waals surface area contributed by atoms with Crippen LogP contribution in [0.25, 0.3) is 0 Å². The molecule has 0 bridgehead atoms. The molecular weight excluding hydrogens is 447 g/mol. The fraction of sp³-hybridized carbons (Fsp3) is 0.0952. The third-order valence-electron chi connectivity index (χ3n) is 3.96. The summed E-state index contributed by atoms with van der Waals surface area (Å²) in [6, 6.07) is 18.3. The van der Waals surface area contributed by atoms with Gasteiger partial charge in [0.1, 0.15) is 5.82 Å². The standard InChI is InChI=1S/C21H18ClFN2O3S2/c22-16-3-7-19(8-4-16)25-30(27,28)20-11-9-18(10-12-20)24-21(26)14-29-13-15-1-5-17(23)6-2-15/h1-12,25H,13-14H2,(H,24,26). The molecule has 1 amide bonds. The number of hydrogen-bond acceptors (Lipinski definition) is 4. The van der Waals surface area contributed by atoms with Crippen LogP contribution in [0.2, 0.25) is 5.02 Å². The highest BCUT2D eigenvalue weighted by Gasteiger charge is 2.14. The van der Waals surface area contributed by atoms with E-state index < -0.39 is 10.0 Å². The van der Waals surface area contributed by atoms with E-state index in [0.717, 1.165) is 5.56 Å². The molecule has 30 heavy (non-hydrogen) atoms. The van der Waals surface area contributed by atoms with Gasteiger partial charge >= 0.3 is 0 Å². The monoisotopic (exact) mass is 464 g/mol. The molecular formula is C21H18ClFN2O3S2. The van der Waals surface area contributed by atoms with Crippen LogP contribution < -0.4 is 10.0 Å². The lowest BCUT2D eigenvalue weighted by Gasteiger charge is -2.10. The number of anilines is 2. The quantitative estimate of drug-likeness (QED) is 0.483. The lowest BCUT2D eigenvalue weighted by molar-refractivity contribution is -0.113. The van der Waals surface area contributed by atoms with Gasteiger partial charge in [-0.25, -0.2) is 12.8 Å². The zero-order valence-corrected chi connectivity index (χ0v) is 18.0. The van der Waals surface area contributed by atoms with Gasteiger partial charge in [0.25, 0.3) is 10.0 Å². The molecule has 3 aromatic carbocycles. The molecule has 0 unspecified atom stereocenters. The summed E-state index contributed by atoms with van der Waals surface area (Å²) in [5.74, 6) is 0.295. The Kier molecular flexibility index (Phi) is 7.36. The fourth-order valence-corrected chi connectivity index (χ4v) is 4.46. The number of amides is 1. The van der Waals surface area contributed by atoms with Crippen molar-refractivity contribution < 1.29 is 17.6 Å². The number of sulfonamides is 1. The summed E-state index contributed by atoms with van der Waals surface area (Å²) in [6.07, 6.45) is 0. The summed E-state index contributed by atoms with van der Waals surface area (Å²) in [6.45, 7) is 0. The molecule has 9 heteroatoms. The van der Waals surface area contributed by atoms with E-state index in [0.29, 0.717) is 22.2 Å². The van der Waals surface area contributed by atoms with Gasteiger partial charge in [0.2, 0.25) is 5.91 Å². The molecule has 0 heterocycles. The number of benzene rings is 3. The molecule has 0 fully saturated rings. The Hall–Kier alpha value is -2.55. The molecule has 3 aromatic rings. The number of rotatable bonds is 8. The van der Waals surface area contributed by atoms with E-state index in [1.165, 1.54) is 48.2 Å². The van der Waals surface area contributed by atoms with Crippen molar-refractivity contribution in [2.75, 3.05) is 15.8 Å². The Balaban J connectivity index is 1.52. The number of halogens is 2. The van der Waals surface area contributed by atoms with Crippen molar-refractivity contribution in [2.24, 2.45) is 0 Å². The lowest BCUT2D eigenvalue weighted by Crippen LogP contribution is -2.15. The van der Waals surface area contributed by atoms with Gasteiger partial charge in [0.15, 0.2) is 0 Å². The summed E-state index contributed by atoms with van der Waals surface area (Å²) >= 11 is 7.20. The normalized spacial score (nSPS) is 11.1. The Morgan fingerprint density at radius 3 is 2.13 bits per heavy atom. The predicted molar refractivity (Wildman–Crippen MR) is 120 cm³/mol. The number of nitrogens with one attached hydrogen (secondary N) is 2. The van der Waals surface area contributed by atoms with Crippen LogP contribution in [0.5, 0.6) is 0 Å². The third kappa shape index (κ3) is 6.48. The van der Waals surface area contributed by atoms with Crippen molar-refractivity contribution in [3.8, 4) is 0 Å². The SMILES string of the molecule is O=C(CSCc1ccc(F)cc1)Nc1ccc(S(=O)(=O)Nc2ccc(Cl)cc2)cc1. The minimum absolute atomic E-state index is 0.0705. The van der Waals surface area contributed by atoms with Gasteiger partial charge in [-0.1, -0.05) is 23.7 Å². The number of thioether (sulfide) groups is 1. The van der Waals surface area contributed by atoms with Crippen molar-refractivity contribution in [1.29, 1.82) is 0 Å². The smallest absolute Gasteiger partial charge is 0.261 e. The third-order valence-corrected chi connectivity index (χ3v) is 6.61. The highest BCUT2D eigenvalue weighted by atomic mass is 35.5. The van der Waals surface area contributed by atoms with E-state index in [1.54, 1.807) is 36.4 Å². The van der Waals surface area contributed by atoms with Gasteiger partial charge < -0.3 is 5.32 Å². The van der Waals surface area contributed by atoms with Crippen LogP contribution in [0.3, 0.4) is 0 Å². The maximum atomic E-state index is 12.9. The second kappa shape index (κ2) is 9.97. The van der Waals surface area contributed by atoms with Gasteiger partial charge in [-0.05, 0) is 66.2 Å². The van der Waals surface area contributed by atoms with E-state index >= 15 is 0 Å². The second-order valence-electron chi connectivity index (χ2n) is 6.30. The van der Waals surface area contributed by atoms with E-state index in [1.807, 2.05) is 0 Å². The van der Waals surface area contributed by atoms with Gasteiger partial charge in [0.05, 0.1) is 10.6 Å². The molecule has 0 aromatic heterocycles. The van der Waals surface area contributed by atoms with Crippen molar-refractivity contribution in [3.05, 3.63) is 89.2 Å². The molecule has 0 atom stereocenters. The molecule has 156 valence electrons. The minimum atomic E-state index is -3.76. The van der Waals surface area contributed by atoms with Crippen LogP contribution >= 0.6 is 23.4 Å². The molecule has 0 saturated carbocycles. The number of hydrogen-bond donors (Lipinski definition) is 2. The molecule has 0 spiro atoms. The molecule has 0 radical (unpaired) electrons. The maximum absolute atomic E-state index is 12.9. The van der Waals surface area contributed by atoms with Crippen molar-refractivity contribution >= 4 is 50.7 Å². The Morgan fingerprint density at radius 2 is 1.50 bits per heavy atom. The van der Waals surface area contributed by atoms with Crippen molar-refractivity contribution in [1.82, 2.24) is 0 Å². The molecule has 5 nitrogen and oxygen atoms in total. The van der Waals surface area contributed by atoms with Crippen LogP contribution in [-0.4, -0.2) is 20.1 Å². The first-order valence-electron chi connectivity index (χ1n) is 8.82. The van der Waals surface area contributed by atoms with Gasteiger partial charge in [-0.2, -0.15) is 0 Å². The van der Waals surface area contributed by atoms with Crippen LogP contribution in [0, 0.1) is 5.82 Å². The zero-order chi connectivity index (χ0) is 21.6. The second-order valence-corrected chi connectivity index (χ2v) is 9.41. The molecule has 0 aliphatic carbocycles. The average molecular weight is 465 g/mol. The molecule has 0 saturated heterocycles. The first-order chi connectivity index (χ1) is 14.3. The fourth-order valence-electron chi connectivity index (χ4n) is 2.49. The average Bonchev–Trinajstić information content (AvgIpc) is 2.71. The summed E-state index contributed by atoms with van der Waals surface area (Å²) < 4.78 is 40.3. The van der Waals surface area contributed by atoms with Crippen molar-refractivity contribution in [2.45, 2.75) is 10.6 Å². The van der Waals surface area contributed by atoms with E-state index in [-0.39, 0.29) is 22.4 Å². The highest BCUT2D eigenvalue weighted by Crippen LogP contribution is 2.20.